The highest BCUT2D eigenvalue weighted by Gasteiger charge is 2.33. The Bertz CT molecular complexity index is 997. The van der Waals surface area contributed by atoms with Crippen LogP contribution in [0.15, 0.2) is 65.5 Å². The molecule has 1 atom stereocenters. The molecule has 0 unspecified atom stereocenters. The van der Waals surface area contributed by atoms with Crippen LogP contribution in [0.1, 0.15) is 23.6 Å². The van der Waals surface area contributed by atoms with Gasteiger partial charge in [-0.25, -0.2) is 0 Å². The number of nitrogens with one attached hydrogen (secondary N) is 2. The highest BCUT2D eigenvalue weighted by molar-refractivity contribution is 5.82. The van der Waals surface area contributed by atoms with Crippen LogP contribution < -0.4 is 10.9 Å². The van der Waals surface area contributed by atoms with Crippen LogP contribution in [0.4, 0.5) is 13.2 Å². The van der Waals surface area contributed by atoms with Gasteiger partial charge in [-0.2, -0.15) is 13.2 Å². The number of aromatic nitrogens is 1. The molecule has 0 fully saturated rings. The molecule has 2 N–H and O–H groups in total. The lowest BCUT2D eigenvalue weighted by atomic mass is 10.0. The van der Waals surface area contributed by atoms with Gasteiger partial charge in [-0.3, -0.25) is 9.59 Å². The second-order valence-corrected chi connectivity index (χ2v) is 6.24. The third kappa shape index (κ3) is 4.97. The zero-order valence-electron chi connectivity index (χ0n) is 14.2. The Balaban J connectivity index is 1.80. The van der Waals surface area contributed by atoms with Crippen LogP contribution >= 0.6 is 0 Å². The Morgan fingerprint density at radius 1 is 1.04 bits per heavy atom. The Kier molecular flexibility index (Phi) is 5.30. The number of aromatic amines is 1. The summed E-state index contributed by atoms with van der Waals surface area (Å²) in [6.07, 6.45) is -5.92. The highest BCUT2D eigenvalue weighted by atomic mass is 19.4. The normalized spacial score (nSPS) is 12.7. The van der Waals surface area contributed by atoms with E-state index >= 15 is 0 Å². The number of fused-ring (bicyclic) bond motifs is 1. The van der Waals surface area contributed by atoms with E-state index in [0.29, 0.717) is 11.1 Å². The summed E-state index contributed by atoms with van der Waals surface area (Å²) in [5, 5.41) is 3.15. The van der Waals surface area contributed by atoms with Crippen molar-refractivity contribution in [1.29, 1.82) is 0 Å². The van der Waals surface area contributed by atoms with Crippen molar-refractivity contribution in [3.05, 3.63) is 82.1 Å². The molecule has 0 saturated heterocycles. The van der Waals surface area contributed by atoms with Crippen LogP contribution in [0.5, 0.6) is 0 Å². The molecule has 140 valence electrons. The van der Waals surface area contributed by atoms with Gasteiger partial charge in [-0.1, -0.05) is 48.5 Å². The summed E-state index contributed by atoms with van der Waals surface area (Å²) in [7, 11) is 0. The lowest BCUT2D eigenvalue weighted by Crippen LogP contribution is -2.34. The molecular weight excluding hydrogens is 357 g/mol. The minimum atomic E-state index is -4.44. The summed E-state index contributed by atoms with van der Waals surface area (Å²) in [6, 6.07) is 15.4. The van der Waals surface area contributed by atoms with Crippen molar-refractivity contribution >= 4 is 16.8 Å². The molecule has 0 radical (unpaired) electrons. The van der Waals surface area contributed by atoms with E-state index in [0.717, 1.165) is 5.39 Å². The van der Waals surface area contributed by atoms with E-state index in [2.05, 4.69) is 10.3 Å². The van der Waals surface area contributed by atoms with Gasteiger partial charge >= 0.3 is 6.18 Å². The average molecular weight is 374 g/mol. The topological polar surface area (TPSA) is 62.0 Å². The zero-order valence-corrected chi connectivity index (χ0v) is 14.2. The van der Waals surface area contributed by atoms with Crippen LogP contribution in [-0.2, 0) is 11.2 Å². The quantitative estimate of drug-likeness (QED) is 0.712. The van der Waals surface area contributed by atoms with Gasteiger partial charge in [0, 0.05) is 11.1 Å². The number of halogens is 3. The Hall–Kier alpha value is -3.09. The van der Waals surface area contributed by atoms with Gasteiger partial charge in [-0.15, -0.1) is 0 Å². The molecule has 1 aromatic heterocycles. The highest BCUT2D eigenvalue weighted by Crippen LogP contribution is 2.29. The summed E-state index contributed by atoms with van der Waals surface area (Å²) in [6.45, 7) is 0. The third-order valence-corrected chi connectivity index (χ3v) is 4.15. The Labute approximate surface area is 153 Å². The standard InChI is InChI=1S/C20H17F3N2O2/c21-20(22,23)12-17(13-6-2-1-3-7-13)24-18(26)11-15-10-14-8-4-5-9-16(14)25-19(15)27/h1-10,17H,11-12H2,(H,24,26)(H,25,27)/t17-/m1/s1. The summed E-state index contributed by atoms with van der Waals surface area (Å²) in [5.41, 5.74) is 0.752. The molecule has 0 aliphatic carbocycles. The fourth-order valence-corrected chi connectivity index (χ4v) is 2.91. The summed E-state index contributed by atoms with van der Waals surface area (Å²) < 4.78 is 38.7. The average Bonchev–Trinajstić information content (AvgIpc) is 2.61. The first-order chi connectivity index (χ1) is 12.8. The molecule has 0 saturated carbocycles. The minimum Gasteiger partial charge on any atom is -0.349 e. The van der Waals surface area contributed by atoms with Gasteiger partial charge in [0.15, 0.2) is 0 Å². The Morgan fingerprint density at radius 2 is 1.70 bits per heavy atom. The van der Waals surface area contributed by atoms with E-state index in [1.807, 2.05) is 0 Å². The van der Waals surface area contributed by atoms with Gasteiger partial charge in [-0.05, 0) is 23.1 Å². The zero-order chi connectivity index (χ0) is 19.4. The number of carbonyl (C=O) groups is 1. The molecule has 0 spiro atoms. The number of hydrogen-bond acceptors (Lipinski definition) is 2. The fourth-order valence-electron chi connectivity index (χ4n) is 2.91. The van der Waals surface area contributed by atoms with Crippen LogP contribution in [0.3, 0.4) is 0 Å². The molecule has 0 aliphatic heterocycles. The number of benzene rings is 2. The second-order valence-electron chi connectivity index (χ2n) is 6.24. The number of amides is 1. The molecule has 4 nitrogen and oxygen atoms in total. The number of alkyl halides is 3. The summed E-state index contributed by atoms with van der Waals surface area (Å²) in [5.74, 6) is -0.645. The van der Waals surface area contributed by atoms with Crippen LogP contribution in [0, 0.1) is 0 Å². The van der Waals surface area contributed by atoms with Crippen molar-refractivity contribution in [2.75, 3.05) is 0 Å². The van der Waals surface area contributed by atoms with E-state index in [1.54, 1.807) is 48.5 Å². The second kappa shape index (κ2) is 7.65. The third-order valence-electron chi connectivity index (χ3n) is 4.15. The number of para-hydroxylation sites is 1. The van der Waals surface area contributed by atoms with Crippen molar-refractivity contribution < 1.29 is 18.0 Å². The Morgan fingerprint density at radius 3 is 2.41 bits per heavy atom. The van der Waals surface area contributed by atoms with Crippen LogP contribution in [0.25, 0.3) is 10.9 Å². The van der Waals surface area contributed by atoms with Gasteiger partial charge in [0.25, 0.3) is 5.56 Å². The van der Waals surface area contributed by atoms with E-state index < -0.39 is 30.1 Å². The molecule has 7 heteroatoms. The number of pyridine rings is 1. The van der Waals surface area contributed by atoms with E-state index in [1.165, 1.54) is 12.1 Å². The maximum absolute atomic E-state index is 12.9. The predicted molar refractivity (Wildman–Crippen MR) is 96.3 cm³/mol. The fraction of sp³-hybridized carbons (Fsp3) is 0.200. The van der Waals surface area contributed by atoms with E-state index in [9.17, 15) is 22.8 Å². The van der Waals surface area contributed by atoms with Crippen molar-refractivity contribution in [3.63, 3.8) is 0 Å². The van der Waals surface area contributed by atoms with Crippen LogP contribution in [-0.4, -0.2) is 17.1 Å². The summed E-state index contributed by atoms with van der Waals surface area (Å²) in [4.78, 5) is 27.1. The smallest absolute Gasteiger partial charge is 0.349 e. The number of carbonyl (C=O) groups excluding carboxylic acids is 1. The molecule has 27 heavy (non-hydrogen) atoms. The number of hydrogen-bond donors (Lipinski definition) is 2. The van der Waals surface area contributed by atoms with Crippen molar-refractivity contribution in [1.82, 2.24) is 10.3 Å². The van der Waals surface area contributed by atoms with Crippen molar-refractivity contribution in [2.24, 2.45) is 0 Å². The maximum Gasteiger partial charge on any atom is 0.391 e. The largest absolute Gasteiger partial charge is 0.391 e. The van der Waals surface area contributed by atoms with Gasteiger partial charge in [0.1, 0.15) is 0 Å². The first kappa shape index (κ1) is 18.7. The first-order valence-electron chi connectivity index (χ1n) is 8.34. The van der Waals surface area contributed by atoms with E-state index in [-0.39, 0.29) is 12.0 Å². The van der Waals surface area contributed by atoms with Crippen molar-refractivity contribution in [3.8, 4) is 0 Å². The van der Waals surface area contributed by atoms with Crippen LogP contribution in [0.2, 0.25) is 0 Å². The molecular formula is C20H17F3N2O2. The lowest BCUT2D eigenvalue weighted by molar-refractivity contribution is -0.142. The first-order valence-corrected chi connectivity index (χ1v) is 8.34. The number of rotatable bonds is 5. The molecule has 0 aliphatic rings. The molecule has 2 aromatic carbocycles. The SMILES string of the molecule is O=C(Cc1cc2ccccc2[nH]c1=O)N[C@H](CC(F)(F)F)c1ccccc1. The summed E-state index contributed by atoms with van der Waals surface area (Å²) >= 11 is 0. The van der Waals surface area contributed by atoms with Gasteiger partial charge in [0.2, 0.25) is 5.91 Å². The van der Waals surface area contributed by atoms with Gasteiger partial charge in [0.05, 0.1) is 18.9 Å². The lowest BCUT2D eigenvalue weighted by Gasteiger charge is -2.20. The monoisotopic (exact) mass is 374 g/mol. The minimum absolute atomic E-state index is 0.199. The van der Waals surface area contributed by atoms with E-state index in [4.69, 9.17) is 0 Å². The predicted octanol–water partition coefficient (Wildman–Crippen LogP) is 3.88. The molecule has 1 heterocycles. The molecule has 0 bridgehead atoms. The van der Waals surface area contributed by atoms with Gasteiger partial charge < -0.3 is 10.3 Å². The molecule has 3 rings (SSSR count). The molecule has 1 amide bonds. The number of H-pyrrole nitrogens is 1. The maximum atomic E-state index is 12.9. The molecule has 3 aromatic rings. The van der Waals surface area contributed by atoms with Crippen molar-refractivity contribution in [2.45, 2.75) is 25.1 Å².